The summed E-state index contributed by atoms with van der Waals surface area (Å²) in [7, 11) is 0. The van der Waals surface area contributed by atoms with Crippen LogP contribution in [0.5, 0.6) is 0 Å². The molecule has 1 aliphatic heterocycles. The van der Waals surface area contributed by atoms with Gasteiger partial charge in [0.15, 0.2) is 0 Å². The second kappa shape index (κ2) is 7.42. The van der Waals surface area contributed by atoms with Crippen LogP contribution in [0.2, 0.25) is 0 Å². The Morgan fingerprint density at radius 3 is 2.75 bits per heavy atom. The van der Waals surface area contributed by atoms with Crippen molar-refractivity contribution in [3.63, 3.8) is 0 Å². The van der Waals surface area contributed by atoms with Crippen molar-refractivity contribution < 1.29 is 19.1 Å². The van der Waals surface area contributed by atoms with Crippen molar-refractivity contribution in [2.24, 2.45) is 0 Å². The lowest BCUT2D eigenvalue weighted by atomic mass is 9.96. The van der Waals surface area contributed by atoms with Gasteiger partial charge < -0.3 is 20.1 Å². The van der Waals surface area contributed by atoms with Gasteiger partial charge in [0.1, 0.15) is 10.6 Å². The summed E-state index contributed by atoms with van der Waals surface area (Å²) in [5.41, 5.74) is 5.89. The number of piperidine rings is 1. The molecule has 1 saturated heterocycles. The highest BCUT2D eigenvalue weighted by Gasteiger charge is 2.30. The molecule has 24 heavy (non-hydrogen) atoms. The molecule has 1 fully saturated rings. The third kappa shape index (κ3) is 4.63. The molecule has 1 amide bonds. The number of likely N-dealkylation sites (tertiary alicyclic amines) is 1. The van der Waals surface area contributed by atoms with Crippen LogP contribution in [-0.2, 0) is 9.47 Å². The molecule has 1 aliphatic rings. The number of rotatable bonds is 3. The number of esters is 1. The lowest BCUT2D eigenvalue weighted by molar-refractivity contribution is 0.0199. The minimum Gasteiger partial charge on any atom is -0.462 e. The number of thiophene rings is 1. The molecule has 1 aromatic rings. The number of hydrogen-bond acceptors (Lipinski definition) is 6. The van der Waals surface area contributed by atoms with E-state index < -0.39 is 11.6 Å². The standard InChI is InChI=1S/C17H26N2O4S/c1-5-22-15(20)12-9-13(24-14(12)18)11-7-6-8-19(10-11)16(21)23-17(2,3)4/h9,11H,5-8,10,18H2,1-4H3. The van der Waals surface area contributed by atoms with E-state index in [0.717, 1.165) is 17.7 Å². The molecular weight excluding hydrogens is 328 g/mol. The number of carbonyl (C=O) groups is 2. The molecule has 1 unspecified atom stereocenters. The van der Waals surface area contributed by atoms with Crippen LogP contribution < -0.4 is 5.73 Å². The van der Waals surface area contributed by atoms with Gasteiger partial charge in [-0.25, -0.2) is 9.59 Å². The van der Waals surface area contributed by atoms with Crippen molar-refractivity contribution in [3.05, 3.63) is 16.5 Å². The fourth-order valence-electron chi connectivity index (χ4n) is 2.70. The Hall–Kier alpha value is -1.76. The van der Waals surface area contributed by atoms with E-state index in [4.69, 9.17) is 15.2 Å². The number of nitrogen functional groups attached to an aromatic ring is 1. The lowest BCUT2D eigenvalue weighted by Gasteiger charge is -2.33. The summed E-state index contributed by atoms with van der Waals surface area (Å²) < 4.78 is 10.5. The van der Waals surface area contributed by atoms with E-state index >= 15 is 0 Å². The molecule has 0 saturated carbocycles. The molecule has 134 valence electrons. The van der Waals surface area contributed by atoms with E-state index in [9.17, 15) is 9.59 Å². The molecule has 2 N–H and O–H groups in total. The Kier molecular flexibility index (Phi) is 5.74. The highest BCUT2D eigenvalue weighted by atomic mass is 32.1. The van der Waals surface area contributed by atoms with Crippen LogP contribution in [0.15, 0.2) is 6.07 Å². The molecule has 0 spiro atoms. The first-order chi connectivity index (χ1) is 11.2. The lowest BCUT2D eigenvalue weighted by Crippen LogP contribution is -2.42. The van der Waals surface area contributed by atoms with E-state index in [0.29, 0.717) is 30.3 Å². The molecule has 1 aromatic heterocycles. The average molecular weight is 354 g/mol. The van der Waals surface area contributed by atoms with Crippen molar-refractivity contribution in [3.8, 4) is 0 Å². The fraction of sp³-hybridized carbons (Fsp3) is 0.647. The van der Waals surface area contributed by atoms with Gasteiger partial charge in [0.2, 0.25) is 0 Å². The second-order valence-electron chi connectivity index (χ2n) is 6.91. The topological polar surface area (TPSA) is 81.9 Å². The molecule has 0 radical (unpaired) electrons. The first kappa shape index (κ1) is 18.6. The zero-order chi connectivity index (χ0) is 17.9. The molecule has 0 aliphatic carbocycles. The number of anilines is 1. The fourth-order valence-corrected chi connectivity index (χ4v) is 3.74. The predicted octanol–water partition coefficient (Wildman–Crippen LogP) is 3.62. The van der Waals surface area contributed by atoms with E-state index in [1.807, 2.05) is 20.8 Å². The van der Waals surface area contributed by atoms with Gasteiger partial charge in [0.25, 0.3) is 0 Å². The van der Waals surface area contributed by atoms with Gasteiger partial charge in [-0.1, -0.05) is 0 Å². The Morgan fingerprint density at radius 1 is 1.42 bits per heavy atom. The molecule has 0 aromatic carbocycles. The molecule has 0 bridgehead atoms. The third-order valence-electron chi connectivity index (χ3n) is 3.75. The number of hydrogen-bond donors (Lipinski definition) is 1. The highest BCUT2D eigenvalue weighted by molar-refractivity contribution is 7.16. The summed E-state index contributed by atoms with van der Waals surface area (Å²) in [6.45, 7) is 8.93. The normalized spacial score (nSPS) is 18.3. The van der Waals surface area contributed by atoms with Gasteiger partial charge in [-0.2, -0.15) is 0 Å². The van der Waals surface area contributed by atoms with Gasteiger partial charge in [-0.3, -0.25) is 0 Å². The van der Waals surface area contributed by atoms with Gasteiger partial charge >= 0.3 is 12.1 Å². The largest absolute Gasteiger partial charge is 0.462 e. The van der Waals surface area contributed by atoms with E-state index in [1.54, 1.807) is 17.9 Å². The Balaban J connectivity index is 2.08. The monoisotopic (exact) mass is 354 g/mol. The SMILES string of the molecule is CCOC(=O)c1cc(C2CCCN(C(=O)OC(C)(C)C)C2)sc1N. The van der Waals surface area contributed by atoms with Crippen LogP contribution in [-0.4, -0.2) is 42.3 Å². The van der Waals surface area contributed by atoms with Gasteiger partial charge in [0, 0.05) is 23.9 Å². The molecular formula is C17H26N2O4S. The summed E-state index contributed by atoms with van der Waals surface area (Å²) >= 11 is 1.40. The summed E-state index contributed by atoms with van der Waals surface area (Å²) in [6.07, 6.45) is 1.57. The summed E-state index contributed by atoms with van der Waals surface area (Å²) in [5, 5.41) is 0.470. The number of amides is 1. The number of nitrogens with two attached hydrogens (primary N) is 1. The summed E-state index contributed by atoms with van der Waals surface area (Å²) in [4.78, 5) is 26.9. The first-order valence-corrected chi connectivity index (χ1v) is 9.07. The van der Waals surface area contributed by atoms with Crippen molar-refractivity contribution >= 4 is 28.4 Å². The maximum absolute atomic E-state index is 12.3. The minimum absolute atomic E-state index is 0.168. The zero-order valence-electron chi connectivity index (χ0n) is 14.8. The van der Waals surface area contributed by atoms with E-state index in [1.165, 1.54) is 11.3 Å². The van der Waals surface area contributed by atoms with Crippen LogP contribution in [0.1, 0.15) is 61.7 Å². The van der Waals surface area contributed by atoms with Gasteiger partial charge in [0.05, 0.1) is 12.2 Å². The number of ether oxygens (including phenoxy) is 2. The van der Waals surface area contributed by atoms with Crippen LogP contribution in [0, 0.1) is 0 Å². The molecule has 1 atom stereocenters. The Morgan fingerprint density at radius 2 is 2.12 bits per heavy atom. The maximum atomic E-state index is 12.3. The minimum atomic E-state index is -0.505. The van der Waals surface area contributed by atoms with Crippen molar-refractivity contribution in [2.75, 3.05) is 25.4 Å². The number of carbonyl (C=O) groups excluding carboxylic acids is 2. The molecule has 6 nitrogen and oxygen atoms in total. The first-order valence-electron chi connectivity index (χ1n) is 8.25. The summed E-state index contributed by atoms with van der Waals surface area (Å²) in [5.74, 6) is -0.223. The van der Waals surface area contributed by atoms with Gasteiger partial charge in [-0.05, 0) is 46.6 Å². The van der Waals surface area contributed by atoms with E-state index in [-0.39, 0.29) is 12.0 Å². The van der Waals surface area contributed by atoms with Crippen molar-refractivity contribution in [1.29, 1.82) is 0 Å². The van der Waals surface area contributed by atoms with E-state index in [2.05, 4.69) is 0 Å². The van der Waals surface area contributed by atoms with Crippen LogP contribution in [0.4, 0.5) is 9.80 Å². The Bertz CT molecular complexity index is 606. The molecule has 2 heterocycles. The van der Waals surface area contributed by atoms with Gasteiger partial charge in [-0.15, -0.1) is 11.3 Å². The third-order valence-corrected chi connectivity index (χ3v) is 4.88. The molecule has 7 heteroatoms. The van der Waals surface area contributed by atoms with Crippen molar-refractivity contribution in [2.45, 2.75) is 52.1 Å². The van der Waals surface area contributed by atoms with Crippen LogP contribution in [0.25, 0.3) is 0 Å². The maximum Gasteiger partial charge on any atom is 0.410 e. The quantitative estimate of drug-likeness (QED) is 0.838. The second-order valence-corrected chi connectivity index (χ2v) is 8.03. The number of nitrogens with zero attached hydrogens (tertiary/aromatic N) is 1. The Labute approximate surface area is 146 Å². The average Bonchev–Trinajstić information content (AvgIpc) is 2.88. The highest BCUT2D eigenvalue weighted by Crippen LogP contribution is 2.36. The summed E-state index contributed by atoms with van der Waals surface area (Å²) in [6, 6.07) is 1.81. The zero-order valence-corrected chi connectivity index (χ0v) is 15.6. The van der Waals surface area contributed by atoms with Crippen LogP contribution in [0.3, 0.4) is 0 Å². The predicted molar refractivity (Wildman–Crippen MR) is 94.5 cm³/mol. The smallest absolute Gasteiger partial charge is 0.410 e. The molecule has 2 rings (SSSR count). The van der Waals surface area contributed by atoms with Crippen molar-refractivity contribution in [1.82, 2.24) is 4.90 Å². The van der Waals surface area contributed by atoms with Crippen LogP contribution >= 0.6 is 11.3 Å².